The third-order valence-corrected chi connectivity index (χ3v) is 5.66. The lowest BCUT2D eigenvalue weighted by Crippen LogP contribution is -2.40. The second-order valence-electron chi connectivity index (χ2n) is 6.29. The standard InChI is InChI=1S/C17H16F3N3O2S/c1-25-10-5-2-4-9-13(10)14-16(22-15(9)24)26-12(21-14)8-23-7-3-6-11(23)17(18,19)20/h2,4-5,11H,3,6-8H2,1H3,(H,22,24). The Kier molecular flexibility index (Phi) is 4.15. The van der Waals surface area contributed by atoms with Gasteiger partial charge in [-0.05, 0) is 31.5 Å². The summed E-state index contributed by atoms with van der Waals surface area (Å²) in [6.45, 7) is 0.503. The number of rotatable bonds is 3. The van der Waals surface area contributed by atoms with Crippen LogP contribution in [0.15, 0.2) is 23.0 Å². The number of halogens is 3. The molecule has 1 saturated heterocycles. The van der Waals surface area contributed by atoms with E-state index in [1.807, 2.05) is 0 Å². The molecule has 9 heteroatoms. The minimum atomic E-state index is -4.24. The van der Waals surface area contributed by atoms with Gasteiger partial charge in [0.15, 0.2) is 0 Å². The second kappa shape index (κ2) is 6.24. The van der Waals surface area contributed by atoms with Crippen LogP contribution in [0.25, 0.3) is 21.1 Å². The Morgan fingerprint density at radius 3 is 2.96 bits per heavy atom. The number of hydrogen-bond acceptors (Lipinski definition) is 5. The average molecular weight is 383 g/mol. The van der Waals surface area contributed by atoms with Gasteiger partial charge in [-0.2, -0.15) is 13.2 Å². The molecule has 1 aromatic carbocycles. The Balaban J connectivity index is 1.79. The summed E-state index contributed by atoms with van der Waals surface area (Å²) in [5, 5.41) is 1.58. The van der Waals surface area contributed by atoms with Crippen molar-refractivity contribution in [2.45, 2.75) is 31.6 Å². The lowest BCUT2D eigenvalue weighted by Gasteiger charge is -2.25. The molecule has 0 amide bonds. The number of thiazole rings is 1. The summed E-state index contributed by atoms with van der Waals surface area (Å²) in [5.74, 6) is 0.518. The number of hydrogen-bond donors (Lipinski definition) is 1. The Bertz CT molecular complexity index is 1030. The second-order valence-corrected chi connectivity index (χ2v) is 7.38. The van der Waals surface area contributed by atoms with Crippen molar-refractivity contribution in [3.63, 3.8) is 0 Å². The van der Waals surface area contributed by atoms with E-state index in [4.69, 9.17) is 4.74 Å². The number of benzene rings is 1. The fourth-order valence-corrected chi connectivity index (χ4v) is 4.54. The summed E-state index contributed by atoms with van der Waals surface area (Å²) in [6, 6.07) is 3.70. The van der Waals surface area contributed by atoms with Gasteiger partial charge in [-0.3, -0.25) is 9.69 Å². The van der Waals surface area contributed by atoms with E-state index < -0.39 is 12.2 Å². The molecule has 2 aromatic heterocycles. The van der Waals surface area contributed by atoms with Crippen molar-refractivity contribution < 1.29 is 17.9 Å². The number of fused-ring (bicyclic) bond motifs is 3. The van der Waals surface area contributed by atoms with Crippen molar-refractivity contribution in [1.29, 1.82) is 0 Å². The number of alkyl halides is 3. The van der Waals surface area contributed by atoms with Crippen LogP contribution < -0.4 is 10.3 Å². The molecule has 0 saturated carbocycles. The van der Waals surface area contributed by atoms with E-state index in [-0.39, 0.29) is 18.5 Å². The first-order valence-electron chi connectivity index (χ1n) is 8.17. The number of nitrogens with one attached hydrogen (secondary N) is 1. The van der Waals surface area contributed by atoms with Crippen molar-refractivity contribution >= 4 is 32.5 Å². The SMILES string of the molecule is COc1cccc2c(=O)[nH]c3sc(CN4CCCC4C(F)(F)F)nc3c12. The van der Waals surface area contributed by atoms with E-state index in [0.29, 0.717) is 44.8 Å². The summed E-state index contributed by atoms with van der Waals surface area (Å²) in [4.78, 5) is 21.6. The molecule has 3 aromatic rings. The van der Waals surface area contributed by atoms with Crippen LogP contribution in [0.3, 0.4) is 0 Å². The highest BCUT2D eigenvalue weighted by molar-refractivity contribution is 7.18. The zero-order valence-electron chi connectivity index (χ0n) is 13.9. The zero-order chi connectivity index (χ0) is 18.5. The van der Waals surface area contributed by atoms with Crippen LogP contribution in [0, 0.1) is 0 Å². The maximum Gasteiger partial charge on any atom is 0.404 e. The van der Waals surface area contributed by atoms with Gasteiger partial charge < -0.3 is 9.72 Å². The number of likely N-dealkylation sites (tertiary alicyclic amines) is 1. The van der Waals surface area contributed by atoms with Crippen molar-refractivity contribution in [3.8, 4) is 5.75 Å². The van der Waals surface area contributed by atoms with E-state index in [1.54, 1.807) is 18.2 Å². The summed E-state index contributed by atoms with van der Waals surface area (Å²) >= 11 is 1.21. The van der Waals surface area contributed by atoms with Crippen LogP contribution in [-0.4, -0.2) is 40.7 Å². The third-order valence-electron chi connectivity index (χ3n) is 4.71. The largest absolute Gasteiger partial charge is 0.496 e. The van der Waals surface area contributed by atoms with Crippen molar-refractivity contribution in [2.75, 3.05) is 13.7 Å². The van der Waals surface area contributed by atoms with Crippen LogP contribution in [0.5, 0.6) is 5.75 Å². The highest BCUT2D eigenvalue weighted by atomic mass is 32.1. The molecule has 1 N–H and O–H groups in total. The molecule has 0 bridgehead atoms. The summed E-state index contributed by atoms with van der Waals surface area (Å²) in [5.41, 5.74) is 0.288. The molecule has 3 heterocycles. The van der Waals surface area contributed by atoms with Gasteiger partial charge in [-0.25, -0.2) is 4.98 Å². The summed E-state index contributed by atoms with van der Waals surface area (Å²) in [6.07, 6.45) is -3.61. The summed E-state index contributed by atoms with van der Waals surface area (Å²) < 4.78 is 44.8. The van der Waals surface area contributed by atoms with Gasteiger partial charge in [0.1, 0.15) is 27.1 Å². The molecule has 0 spiro atoms. The minimum absolute atomic E-state index is 0.113. The van der Waals surface area contributed by atoms with Gasteiger partial charge in [-0.1, -0.05) is 17.4 Å². The zero-order valence-corrected chi connectivity index (χ0v) is 14.7. The molecule has 0 aliphatic carbocycles. The average Bonchev–Trinajstić information content (AvgIpc) is 3.21. The van der Waals surface area contributed by atoms with Crippen LogP contribution >= 0.6 is 11.3 Å². The molecule has 4 rings (SSSR count). The van der Waals surface area contributed by atoms with Crippen LogP contribution in [0.4, 0.5) is 13.2 Å². The molecule has 1 fully saturated rings. The molecule has 1 aliphatic heterocycles. The fraction of sp³-hybridized carbons (Fsp3) is 0.412. The minimum Gasteiger partial charge on any atom is -0.496 e. The van der Waals surface area contributed by atoms with E-state index in [0.717, 1.165) is 0 Å². The molecule has 0 radical (unpaired) electrons. The van der Waals surface area contributed by atoms with Crippen molar-refractivity contribution in [2.24, 2.45) is 0 Å². The van der Waals surface area contributed by atoms with Gasteiger partial charge in [-0.15, -0.1) is 0 Å². The molecular weight excluding hydrogens is 367 g/mol. The van der Waals surface area contributed by atoms with Crippen LogP contribution in [0.2, 0.25) is 0 Å². The molecule has 26 heavy (non-hydrogen) atoms. The first kappa shape index (κ1) is 17.3. The Labute approximate surface area is 150 Å². The first-order valence-corrected chi connectivity index (χ1v) is 8.99. The molecular formula is C17H16F3N3O2S. The normalized spacial score (nSPS) is 18.8. The molecule has 5 nitrogen and oxygen atoms in total. The lowest BCUT2D eigenvalue weighted by molar-refractivity contribution is -0.177. The third kappa shape index (κ3) is 2.84. The number of pyridine rings is 1. The molecule has 1 aliphatic rings. The number of H-pyrrole nitrogens is 1. The number of aromatic amines is 1. The maximum atomic E-state index is 13.2. The van der Waals surface area contributed by atoms with Crippen LogP contribution in [0.1, 0.15) is 17.8 Å². The maximum absolute atomic E-state index is 13.2. The number of ether oxygens (including phenoxy) is 1. The topological polar surface area (TPSA) is 58.2 Å². The predicted octanol–water partition coefficient (Wildman–Crippen LogP) is 3.67. The molecule has 138 valence electrons. The lowest BCUT2D eigenvalue weighted by atomic mass is 10.1. The predicted molar refractivity (Wildman–Crippen MR) is 93.8 cm³/mol. The molecule has 1 atom stereocenters. The van der Waals surface area contributed by atoms with Gasteiger partial charge in [0.2, 0.25) is 0 Å². The monoisotopic (exact) mass is 383 g/mol. The highest BCUT2D eigenvalue weighted by Gasteiger charge is 2.45. The van der Waals surface area contributed by atoms with Crippen molar-refractivity contribution in [1.82, 2.24) is 14.9 Å². The molecule has 1 unspecified atom stereocenters. The quantitative estimate of drug-likeness (QED) is 0.750. The van der Waals surface area contributed by atoms with E-state index in [9.17, 15) is 18.0 Å². The summed E-state index contributed by atoms with van der Waals surface area (Å²) in [7, 11) is 1.51. The van der Waals surface area contributed by atoms with E-state index >= 15 is 0 Å². The highest BCUT2D eigenvalue weighted by Crippen LogP contribution is 2.36. The van der Waals surface area contributed by atoms with Crippen molar-refractivity contribution in [3.05, 3.63) is 33.6 Å². The Morgan fingerprint density at radius 2 is 2.23 bits per heavy atom. The Morgan fingerprint density at radius 1 is 1.42 bits per heavy atom. The number of aromatic nitrogens is 2. The van der Waals surface area contributed by atoms with E-state index in [1.165, 1.54) is 23.3 Å². The van der Waals surface area contributed by atoms with E-state index in [2.05, 4.69) is 9.97 Å². The smallest absolute Gasteiger partial charge is 0.404 e. The van der Waals surface area contributed by atoms with Gasteiger partial charge in [0, 0.05) is 0 Å². The van der Waals surface area contributed by atoms with Gasteiger partial charge >= 0.3 is 6.18 Å². The fourth-order valence-electron chi connectivity index (χ4n) is 3.55. The Hall–Kier alpha value is -2.13. The number of methoxy groups -OCH3 is 1. The van der Waals surface area contributed by atoms with Gasteiger partial charge in [0.25, 0.3) is 5.56 Å². The van der Waals surface area contributed by atoms with Gasteiger partial charge in [0.05, 0.1) is 24.4 Å². The van der Waals surface area contributed by atoms with Crippen LogP contribution in [-0.2, 0) is 6.54 Å². The first-order chi connectivity index (χ1) is 12.4. The number of nitrogens with zero attached hydrogens (tertiary/aromatic N) is 2.